The minimum absolute atomic E-state index is 0.0298. The van der Waals surface area contributed by atoms with E-state index in [0.717, 1.165) is 0 Å². The van der Waals surface area contributed by atoms with Crippen molar-refractivity contribution in [3.8, 4) is 11.5 Å². The number of benzene rings is 2. The number of sulfonamides is 1. The minimum Gasteiger partial charge on any atom is -0.493 e. The van der Waals surface area contributed by atoms with Crippen molar-refractivity contribution in [2.24, 2.45) is 0 Å². The van der Waals surface area contributed by atoms with Gasteiger partial charge in [-0.1, -0.05) is 12.1 Å². The van der Waals surface area contributed by atoms with Gasteiger partial charge in [-0.05, 0) is 24.3 Å². The molecule has 0 aliphatic carbocycles. The van der Waals surface area contributed by atoms with Gasteiger partial charge in [0.1, 0.15) is 5.82 Å². The first-order valence-electron chi connectivity index (χ1n) is 7.13. The molecule has 0 atom stereocenters. The van der Waals surface area contributed by atoms with Crippen LogP contribution in [0.4, 0.5) is 10.1 Å². The van der Waals surface area contributed by atoms with E-state index in [2.05, 4.69) is 10.0 Å². The highest BCUT2D eigenvalue weighted by Gasteiger charge is 2.18. The number of nitrogens with one attached hydrogen (secondary N) is 2. The lowest BCUT2D eigenvalue weighted by molar-refractivity contribution is -0.115. The smallest absolute Gasteiger partial charge is 0.241 e. The monoisotopic (exact) mass is 368 g/mol. The lowest BCUT2D eigenvalue weighted by Gasteiger charge is -2.11. The van der Waals surface area contributed by atoms with Crippen molar-refractivity contribution in [1.82, 2.24) is 4.72 Å². The van der Waals surface area contributed by atoms with Crippen LogP contribution < -0.4 is 19.5 Å². The van der Waals surface area contributed by atoms with Gasteiger partial charge in [0.25, 0.3) is 0 Å². The molecule has 0 radical (unpaired) electrons. The van der Waals surface area contributed by atoms with Crippen molar-refractivity contribution >= 4 is 21.6 Å². The molecule has 0 saturated heterocycles. The lowest BCUT2D eigenvalue weighted by Crippen LogP contribution is -2.33. The first-order chi connectivity index (χ1) is 11.9. The Bertz CT molecular complexity index is 871. The second kappa shape index (κ2) is 7.95. The number of hydrogen-bond acceptors (Lipinski definition) is 5. The maximum absolute atomic E-state index is 13.5. The molecule has 0 aliphatic rings. The van der Waals surface area contributed by atoms with Crippen molar-refractivity contribution in [2.75, 3.05) is 26.1 Å². The summed E-state index contributed by atoms with van der Waals surface area (Å²) in [5.41, 5.74) is -0.0298. The van der Waals surface area contributed by atoms with Gasteiger partial charge in [0.2, 0.25) is 15.9 Å². The van der Waals surface area contributed by atoms with Crippen LogP contribution in [0.25, 0.3) is 0 Å². The fourth-order valence-electron chi connectivity index (χ4n) is 1.98. The number of carbonyl (C=O) groups excluding carboxylic acids is 1. The van der Waals surface area contributed by atoms with Gasteiger partial charge in [-0.25, -0.2) is 17.5 Å². The number of para-hydroxylation sites is 1. The average molecular weight is 368 g/mol. The number of rotatable bonds is 7. The van der Waals surface area contributed by atoms with Crippen LogP contribution in [-0.2, 0) is 14.8 Å². The van der Waals surface area contributed by atoms with E-state index >= 15 is 0 Å². The van der Waals surface area contributed by atoms with Crippen molar-refractivity contribution in [2.45, 2.75) is 4.90 Å². The summed E-state index contributed by atoms with van der Waals surface area (Å²) in [5.74, 6) is -0.701. The maximum atomic E-state index is 13.5. The molecular formula is C16H17FN2O5S. The second-order valence-electron chi connectivity index (χ2n) is 4.87. The Morgan fingerprint density at radius 3 is 2.40 bits per heavy atom. The molecular weight excluding hydrogens is 351 g/mol. The largest absolute Gasteiger partial charge is 0.493 e. The predicted octanol–water partition coefficient (Wildman–Crippen LogP) is 1.76. The molecule has 0 spiro atoms. The van der Waals surface area contributed by atoms with Gasteiger partial charge in [-0.15, -0.1) is 0 Å². The first kappa shape index (κ1) is 18.7. The quantitative estimate of drug-likeness (QED) is 0.777. The van der Waals surface area contributed by atoms with Crippen LogP contribution >= 0.6 is 0 Å². The van der Waals surface area contributed by atoms with E-state index in [1.807, 2.05) is 0 Å². The molecule has 0 aromatic heterocycles. The molecule has 1 amide bonds. The third-order valence-electron chi connectivity index (χ3n) is 3.24. The zero-order chi connectivity index (χ0) is 18.4. The van der Waals surface area contributed by atoms with Crippen molar-refractivity contribution in [3.63, 3.8) is 0 Å². The van der Waals surface area contributed by atoms with Gasteiger partial charge in [0, 0.05) is 6.07 Å². The van der Waals surface area contributed by atoms with Crippen LogP contribution in [0.1, 0.15) is 0 Å². The highest BCUT2D eigenvalue weighted by Crippen LogP contribution is 2.29. The molecule has 7 nitrogen and oxygen atoms in total. The van der Waals surface area contributed by atoms with Gasteiger partial charge < -0.3 is 14.8 Å². The molecule has 0 bridgehead atoms. The number of amides is 1. The van der Waals surface area contributed by atoms with E-state index < -0.39 is 28.3 Å². The van der Waals surface area contributed by atoms with Crippen LogP contribution in [0.3, 0.4) is 0 Å². The lowest BCUT2D eigenvalue weighted by atomic mass is 10.3. The molecule has 0 unspecified atom stereocenters. The number of methoxy groups -OCH3 is 2. The van der Waals surface area contributed by atoms with Crippen LogP contribution in [0.2, 0.25) is 0 Å². The standard InChI is InChI=1S/C16H17FN2O5S/c1-23-14-8-7-11(9-15(14)24-2)25(21,22)18-10-16(20)19-13-6-4-3-5-12(13)17/h3-9,18H,10H2,1-2H3,(H,19,20). The zero-order valence-corrected chi connectivity index (χ0v) is 14.4. The molecule has 0 heterocycles. The SMILES string of the molecule is COc1ccc(S(=O)(=O)NCC(=O)Nc2ccccc2F)cc1OC. The summed E-state index contributed by atoms with van der Waals surface area (Å²) in [5, 5.41) is 2.29. The highest BCUT2D eigenvalue weighted by molar-refractivity contribution is 7.89. The Balaban J connectivity index is 2.06. The van der Waals surface area contributed by atoms with E-state index in [4.69, 9.17) is 9.47 Å². The summed E-state index contributed by atoms with van der Waals surface area (Å²) in [6.07, 6.45) is 0. The zero-order valence-electron chi connectivity index (χ0n) is 13.6. The number of halogens is 1. The molecule has 2 aromatic rings. The number of carbonyl (C=O) groups is 1. The first-order valence-corrected chi connectivity index (χ1v) is 8.62. The Labute approximate surface area is 144 Å². The Hall–Kier alpha value is -2.65. The van der Waals surface area contributed by atoms with E-state index in [-0.39, 0.29) is 16.3 Å². The molecule has 9 heteroatoms. The summed E-state index contributed by atoms with van der Waals surface area (Å²) in [6.45, 7) is -0.551. The number of hydrogen-bond donors (Lipinski definition) is 2. The topological polar surface area (TPSA) is 93.7 Å². The molecule has 134 valence electrons. The van der Waals surface area contributed by atoms with Crippen LogP contribution in [0.5, 0.6) is 11.5 Å². The Morgan fingerprint density at radius 1 is 1.08 bits per heavy atom. The van der Waals surface area contributed by atoms with Crippen molar-refractivity contribution in [3.05, 3.63) is 48.3 Å². The molecule has 0 aliphatic heterocycles. The summed E-state index contributed by atoms with van der Waals surface area (Å²) in [6, 6.07) is 9.61. The van der Waals surface area contributed by atoms with Crippen molar-refractivity contribution in [1.29, 1.82) is 0 Å². The van der Waals surface area contributed by atoms with E-state index in [9.17, 15) is 17.6 Å². The highest BCUT2D eigenvalue weighted by atomic mass is 32.2. The summed E-state index contributed by atoms with van der Waals surface area (Å²) in [7, 11) is -1.15. The maximum Gasteiger partial charge on any atom is 0.241 e. The Morgan fingerprint density at radius 2 is 1.76 bits per heavy atom. The Kier molecular flexibility index (Phi) is 5.94. The summed E-state index contributed by atoms with van der Waals surface area (Å²) in [4.78, 5) is 11.7. The third-order valence-corrected chi connectivity index (χ3v) is 4.63. The minimum atomic E-state index is -3.96. The molecule has 0 saturated carbocycles. The normalized spacial score (nSPS) is 11.0. The molecule has 2 rings (SSSR count). The number of ether oxygens (including phenoxy) is 2. The molecule has 2 N–H and O–H groups in total. The fourth-order valence-corrected chi connectivity index (χ4v) is 2.98. The van der Waals surface area contributed by atoms with E-state index in [0.29, 0.717) is 5.75 Å². The van der Waals surface area contributed by atoms with Gasteiger partial charge in [-0.3, -0.25) is 4.79 Å². The van der Waals surface area contributed by atoms with Crippen LogP contribution in [0.15, 0.2) is 47.4 Å². The summed E-state index contributed by atoms with van der Waals surface area (Å²) >= 11 is 0. The van der Waals surface area contributed by atoms with Gasteiger partial charge >= 0.3 is 0 Å². The van der Waals surface area contributed by atoms with Crippen LogP contribution in [0, 0.1) is 5.82 Å². The van der Waals surface area contributed by atoms with Crippen molar-refractivity contribution < 1.29 is 27.1 Å². The predicted molar refractivity (Wildman–Crippen MR) is 89.8 cm³/mol. The van der Waals surface area contributed by atoms with Gasteiger partial charge in [-0.2, -0.15) is 0 Å². The van der Waals surface area contributed by atoms with E-state index in [1.165, 1.54) is 50.6 Å². The summed E-state index contributed by atoms with van der Waals surface area (Å²) < 4.78 is 50.2. The van der Waals surface area contributed by atoms with Gasteiger partial charge in [0.15, 0.2) is 11.5 Å². The molecule has 25 heavy (non-hydrogen) atoms. The third kappa shape index (κ3) is 4.68. The molecule has 2 aromatic carbocycles. The molecule has 0 fully saturated rings. The van der Waals surface area contributed by atoms with Gasteiger partial charge in [0.05, 0.1) is 31.3 Å². The van der Waals surface area contributed by atoms with Crippen LogP contribution in [-0.4, -0.2) is 35.1 Å². The number of anilines is 1. The van der Waals surface area contributed by atoms with E-state index in [1.54, 1.807) is 6.07 Å². The second-order valence-corrected chi connectivity index (χ2v) is 6.64. The fraction of sp³-hybridized carbons (Fsp3) is 0.188. The average Bonchev–Trinajstić information content (AvgIpc) is 2.61.